The van der Waals surface area contributed by atoms with E-state index in [1.807, 2.05) is 0 Å². The highest BCUT2D eigenvalue weighted by molar-refractivity contribution is 7.96. The zero-order valence-electron chi connectivity index (χ0n) is 18.1. The molecule has 0 aliphatic carbocycles. The van der Waals surface area contributed by atoms with Gasteiger partial charge in [0.2, 0.25) is 0 Å². The van der Waals surface area contributed by atoms with E-state index in [2.05, 4.69) is 108 Å². The summed E-state index contributed by atoms with van der Waals surface area (Å²) in [5.41, 5.74) is 5.88. The van der Waals surface area contributed by atoms with Gasteiger partial charge in [-0.2, -0.15) is 0 Å². The molecule has 1 aliphatic rings. The van der Waals surface area contributed by atoms with E-state index in [4.69, 9.17) is 0 Å². The maximum Gasteiger partial charge on any atom is 0.113 e. The summed E-state index contributed by atoms with van der Waals surface area (Å²) in [5, 5.41) is 4.66. The zero-order chi connectivity index (χ0) is 20.1. The zero-order valence-corrected chi connectivity index (χ0v) is 19.0. The summed E-state index contributed by atoms with van der Waals surface area (Å²) in [5.74, 6) is 0.582. The average molecular weight is 388 g/mol. The van der Waals surface area contributed by atoms with E-state index >= 15 is 0 Å². The molecule has 144 valence electrons. The second kappa shape index (κ2) is 6.85. The summed E-state index contributed by atoms with van der Waals surface area (Å²) in [7, 11) is -1.65. The first kappa shape index (κ1) is 19.4. The Morgan fingerprint density at radius 3 is 1.61 bits per heavy atom. The van der Waals surface area contributed by atoms with Crippen molar-refractivity contribution < 1.29 is 0 Å². The van der Waals surface area contributed by atoms with Crippen molar-refractivity contribution in [2.45, 2.75) is 47.5 Å². The lowest BCUT2D eigenvalue weighted by Gasteiger charge is -2.28. The third-order valence-electron chi connectivity index (χ3n) is 6.42. The molecule has 1 heterocycles. The number of aryl methyl sites for hydroxylation is 3. The highest BCUT2D eigenvalue weighted by atomic mass is 31.2. The van der Waals surface area contributed by atoms with Gasteiger partial charge in [-0.1, -0.05) is 73.9 Å². The fourth-order valence-electron chi connectivity index (χ4n) is 4.75. The van der Waals surface area contributed by atoms with Gasteiger partial charge in [-0.3, -0.25) is 0 Å². The van der Waals surface area contributed by atoms with Crippen LogP contribution in [0, 0.1) is 26.2 Å². The summed E-state index contributed by atoms with van der Waals surface area (Å²) < 4.78 is 0. The minimum Gasteiger partial charge on any atom is -0.0594 e. The Balaban J connectivity index is 2.04. The van der Waals surface area contributed by atoms with Crippen molar-refractivity contribution in [3.05, 3.63) is 89.0 Å². The first-order valence-corrected chi connectivity index (χ1v) is 12.3. The normalized spacial score (nSPS) is 18.1. The molecule has 0 saturated heterocycles. The van der Waals surface area contributed by atoms with Crippen molar-refractivity contribution in [1.29, 1.82) is 0 Å². The number of rotatable bonds is 2. The van der Waals surface area contributed by atoms with E-state index in [1.165, 1.54) is 33.5 Å². The number of hydrogen-bond donors (Lipinski definition) is 0. The molecule has 1 unspecified atom stereocenters. The lowest BCUT2D eigenvalue weighted by molar-refractivity contribution is 0.347. The summed E-state index contributed by atoms with van der Waals surface area (Å²) in [4.78, 5) is 0. The van der Waals surface area contributed by atoms with Crippen LogP contribution in [0.3, 0.4) is 0 Å². The fraction of sp³-hybridized carbons (Fsp3) is 0.333. The van der Waals surface area contributed by atoms with E-state index in [0.29, 0.717) is 5.92 Å². The SMILES string of the molecule is Cc1ccc([P+]2(c3ccc(C)cc3)CC(C(C)(C)C)c3cc(C)ccc32)cc1. The lowest BCUT2D eigenvalue weighted by atomic mass is 9.77. The third kappa shape index (κ3) is 3.13. The average Bonchev–Trinajstić information content (AvgIpc) is 2.98. The fourth-order valence-corrected chi connectivity index (χ4v) is 9.82. The molecule has 1 heteroatoms. The van der Waals surface area contributed by atoms with Gasteiger partial charge >= 0.3 is 0 Å². The largest absolute Gasteiger partial charge is 0.113 e. The van der Waals surface area contributed by atoms with Crippen LogP contribution in [-0.4, -0.2) is 6.16 Å². The minimum atomic E-state index is -1.65. The van der Waals surface area contributed by atoms with Crippen molar-refractivity contribution >= 4 is 23.2 Å². The van der Waals surface area contributed by atoms with Crippen LogP contribution in [0.5, 0.6) is 0 Å². The summed E-state index contributed by atoms with van der Waals surface area (Å²) in [6, 6.07) is 26.0. The molecule has 0 amide bonds. The van der Waals surface area contributed by atoms with Crippen LogP contribution >= 0.6 is 7.26 Å². The number of benzene rings is 3. The molecule has 1 atom stereocenters. The Kier molecular flexibility index (Phi) is 4.75. The highest BCUT2D eigenvalue weighted by Gasteiger charge is 2.56. The van der Waals surface area contributed by atoms with Gasteiger partial charge in [0.05, 0.1) is 6.16 Å². The highest BCUT2D eigenvalue weighted by Crippen LogP contribution is 2.65. The quantitative estimate of drug-likeness (QED) is 0.470. The molecule has 0 fully saturated rings. The van der Waals surface area contributed by atoms with Crippen LogP contribution in [0.2, 0.25) is 0 Å². The van der Waals surface area contributed by atoms with Crippen LogP contribution < -0.4 is 15.9 Å². The van der Waals surface area contributed by atoms with Crippen LogP contribution in [0.1, 0.15) is 48.9 Å². The maximum atomic E-state index is 2.47. The van der Waals surface area contributed by atoms with Gasteiger partial charge in [0.1, 0.15) is 23.2 Å². The first-order valence-electron chi connectivity index (χ1n) is 10.4. The van der Waals surface area contributed by atoms with Crippen molar-refractivity contribution in [3.8, 4) is 0 Å². The Labute approximate surface area is 171 Å². The van der Waals surface area contributed by atoms with Gasteiger partial charge in [-0.15, -0.1) is 0 Å². The second-order valence-electron chi connectivity index (χ2n) is 9.64. The molecule has 0 N–H and O–H groups in total. The van der Waals surface area contributed by atoms with Gasteiger partial charge in [-0.25, -0.2) is 0 Å². The Morgan fingerprint density at radius 1 is 0.679 bits per heavy atom. The Hall–Kier alpha value is -1.91. The molecule has 0 spiro atoms. The van der Waals surface area contributed by atoms with E-state index in [1.54, 1.807) is 10.9 Å². The second-order valence-corrected chi connectivity index (χ2v) is 13.1. The lowest BCUT2D eigenvalue weighted by Crippen LogP contribution is -2.31. The summed E-state index contributed by atoms with van der Waals surface area (Å²) in [6.45, 7) is 13.8. The van der Waals surface area contributed by atoms with Crippen molar-refractivity contribution in [1.82, 2.24) is 0 Å². The molecule has 0 nitrogen and oxygen atoms in total. The van der Waals surface area contributed by atoms with Gasteiger partial charge in [-0.05, 0) is 56.5 Å². The van der Waals surface area contributed by atoms with E-state index in [9.17, 15) is 0 Å². The van der Waals surface area contributed by atoms with Crippen molar-refractivity contribution in [3.63, 3.8) is 0 Å². The predicted octanol–water partition coefficient (Wildman–Crippen LogP) is 6.05. The van der Waals surface area contributed by atoms with Crippen LogP contribution in [0.4, 0.5) is 0 Å². The molecule has 4 rings (SSSR count). The molecule has 3 aromatic carbocycles. The van der Waals surface area contributed by atoms with Crippen molar-refractivity contribution in [2.75, 3.05) is 6.16 Å². The molecule has 1 aliphatic heterocycles. The smallest absolute Gasteiger partial charge is 0.0594 e. The number of fused-ring (bicyclic) bond motifs is 1. The van der Waals surface area contributed by atoms with Crippen LogP contribution in [-0.2, 0) is 0 Å². The van der Waals surface area contributed by atoms with Crippen LogP contribution in [0.15, 0.2) is 66.7 Å². The monoisotopic (exact) mass is 387 g/mol. The molecule has 28 heavy (non-hydrogen) atoms. The van der Waals surface area contributed by atoms with E-state index < -0.39 is 7.26 Å². The van der Waals surface area contributed by atoms with Gasteiger partial charge in [0, 0.05) is 11.5 Å². The number of hydrogen-bond acceptors (Lipinski definition) is 0. The van der Waals surface area contributed by atoms with Crippen LogP contribution in [0.25, 0.3) is 0 Å². The van der Waals surface area contributed by atoms with E-state index in [-0.39, 0.29) is 5.41 Å². The topological polar surface area (TPSA) is 0 Å². The molecule has 0 saturated carbocycles. The van der Waals surface area contributed by atoms with Crippen molar-refractivity contribution in [2.24, 2.45) is 5.41 Å². The molecular formula is C27H32P+. The summed E-state index contributed by atoms with van der Waals surface area (Å²) >= 11 is 0. The van der Waals surface area contributed by atoms with Gasteiger partial charge in [0.25, 0.3) is 0 Å². The van der Waals surface area contributed by atoms with Gasteiger partial charge < -0.3 is 0 Å². The molecule has 0 aromatic heterocycles. The molecule has 0 bridgehead atoms. The standard InChI is InChI=1S/C27H32P/c1-19-7-12-22(13-8-19)28(23-14-9-20(2)10-15-23)18-25(27(4,5)6)24-17-21(3)11-16-26(24)28/h7-17,25H,18H2,1-6H3/q+1. The molecule has 0 radical (unpaired) electrons. The predicted molar refractivity (Wildman–Crippen MR) is 126 cm³/mol. The third-order valence-corrected chi connectivity index (χ3v) is 10.9. The van der Waals surface area contributed by atoms with Gasteiger partial charge in [0.15, 0.2) is 0 Å². The Morgan fingerprint density at radius 2 is 1.14 bits per heavy atom. The van der Waals surface area contributed by atoms with E-state index in [0.717, 1.165) is 0 Å². The maximum absolute atomic E-state index is 2.47. The molecule has 3 aromatic rings. The minimum absolute atomic E-state index is 0.250. The summed E-state index contributed by atoms with van der Waals surface area (Å²) in [6.07, 6.45) is 1.24. The first-order chi connectivity index (χ1) is 13.2. The molecular weight excluding hydrogens is 355 g/mol. The Bertz CT molecular complexity index is 942.